The summed E-state index contributed by atoms with van der Waals surface area (Å²) in [6, 6.07) is 0.311. The van der Waals surface area contributed by atoms with Gasteiger partial charge in [-0.05, 0) is 38.5 Å². The summed E-state index contributed by atoms with van der Waals surface area (Å²) in [7, 11) is 0. The molecule has 0 aromatic heterocycles. The Morgan fingerprint density at radius 1 is 0.686 bits per heavy atom. The van der Waals surface area contributed by atoms with E-state index in [2.05, 4.69) is 10.6 Å². The highest BCUT2D eigenvalue weighted by Gasteiger charge is 2.35. The Labute approximate surface area is 210 Å². The monoisotopic (exact) mass is 500 g/mol. The van der Waals surface area contributed by atoms with Crippen LogP contribution in [0.2, 0.25) is 0 Å². The predicted molar refractivity (Wildman–Crippen MR) is 133 cm³/mol. The summed E-state index contributed by atoms with van der Waals surface area (Å²) in [5.41, 5.74) is -1.48. The van der Waals surface area contributed by atoms with Gasteiger partial charge in [-0.25, -0.2) is 9.59 Å². The standard InChI is InChI=1S/C26H48N2O7/c1-3-25(15-29,19-34-23(31)27-21-11-7-5-8-12-21)17-33-18-26(4-2,16-30)20-35-24(32)28-22-13-9-6-10-14-22/h21-22,29-30H,3-20H2,1-2H3,(H,27,31)(H,28,32). The molecule has 2 unspecified atom stereocenters. The van der Waals surface area contributed by atoms with E-state index in [-0.39, 0.29) is 51.7 Å². The average Bonchev–Trinajstić information content (AvgIpc) is 2.89. The first kappa shape index (κ1) is 29.6. The number of ether oxygens (including phenoxy) is 3. The largest absolute Gasteiger partial charge is 0.449 e. The molecular weight excluding hydrogens is 452 g/mol. The molecule has 0 aliphatic heterocycles. The van der Waals surface area contributed by atoms with Crippen molar-refractivity contribution in [3.63, 3.8) is 0 Å². The van der Waals surface area contributed by atoms with Crippen molar-refractivity contribution < 1.29 is 34.0 Å². The second-order valence-electron chi connectivity index (χ2n) is 10.6. The highest BCUT2D eigenvalue weighted by atomic mass is 16.6. The number of rotatable bonds is 14. The average molecular weight is 501 g/mol. The van der Waals surface area contributed by atoms with Crippen molar-refractivity contribution in [2.45, 2.75) is 103 Å². The van der Waals surface area contributed by atoms with E-state index in [1.54, 1.807) is 0 Å². The van der Waals surface area contributed by atoms with Crippen LogP contribution < -0.4 is 10.6 Å². The van der Waals surface area contributed by atoms with Crippen LogP contribution in [-0.2, 0) is 14.2 Å². The van der Waals surface area contributed by atoms with E-state index in [9.17, 15) is 19.8 Å². The van der Waals surface area contributed by atoms with Gasteiger partial charge in [-0.2, -0.15) is 0 Å². The van der Waals surface area contributed by atoms with Crippen LogP contribution in [0.25, 0.3) is 0 Å². The van der Waals surface area contributed by atoms with Crippen LogP contribution in [0, 0.1) is 10.8 Å². The summed E-state index contributed by atoms with van der Waals surface area (Å²) in [6.07, 6.45) is 10.9. The zero-order valence-corrected chi connectivity index (χ0v) is 21.8. The molecule has 0 radical (unpaired) electrons. The van der Waals surface area contributed by atoms with Gasteiger partial charge in [0.25, 0.3) is 0 Å². The van der Waals surface area contributed by atoms with Gasteiger partial charge in [0.1, 0.15) is 13.2 Å². The van der Waals surface area contributed by atoms with Crippen molar-refractivity contribution in [1.29, 1.82) is 0 Å². The molecule has 2 atom stereocenters. The molecule has 9 heteroatoms. The predicted octanol–water partition coefficient (Wildman–Crippen LogP) is 3.90. The topological polar surface area (TPSA) is 126 Å². The minimum Gasteiger partial charge on any atom is -0.449 e. The van der Waals surface area contributed by atoms with E-state index < -0.39 is 23.0 Å². The van der Waals surface area contributed by atoms with Crippen molar-refractivity contribution >= 4 is 12.2 Å². The maximum atomic E-state index is 12.3. The van der Waals surface area contributed by atoms with Gasteiger partial charge in [0.15, 0.2) is 0 Å². The fraction of sp³-hybridized carbons (Fsp3) is 0.923. The lowest BCUT2D eigenvalue weighted by atomic mass is 9.86. The smallest absolute Gasteiger partial charge is 0.407 e. The zero-order valence-electron chi connectivity index (χ0n) is 21.8. The molecule has 204 valence electrons. The lowest BCUT2D eigenvalue weighted by molar-refractivity contribution is -0.0806. The SMILES string of the molecule is CCC(CO)(COCC(CC)(CO)COC(=O)NC1CCCCC1)COC(=O)NC1CCCCC1. The molecule has 0 bridgehead atoms. The third-order valence-corrected chi connectivity index (χ3v) is 7.86. The number of aliphatic hydroxyl groups excluding tert-OH is 2. The van der Waals surface area contributed by atoms with Gasteiger partial charge in [0.05, 0.1) is 37.3 Å². The van der Waals surface area contributed by atoms with Crippen LogP contribution in [0.4, 0.5) is 9.59 Å². The summed E-state index contributed by atoms with van der Waals surface area (Å²) in [5.74, 6) is 0. The van der Waals surface area contributed by atoms with Crippen LogP contribution in [0.1, 0.15) is 90.9 Å². The first-order valence-electron chi connectivity index (χ1n) is 13.6. The summed E-state index contributed by atoms with van der Waals surface area (Å²) >= 11 is 0. The van der Waals surface area contributed by atoms with Gasteiger partial charge in [0, 0.05) is 12.1 Å². The van der Waals surface area contributed by atoms with Crippen LogP contribution >= 0.6 is 0 Å². The Morgan fingerprint density at radius 3 is 1.37 bits per heavy atom. The number of hydrogen-bond donors (Lipinski definition) is 4. The van der Waals surface area contributed by atoms with Gasteiger partial charge < -0.3 is 35.1 Å². The van der Waals surface area contributed by atoms with Gasteiger partial charge in [-0.15, -0.1) is 0 Å². The molecule has 2 saturated carbocycles. The van der Waals surface area contributed by atoms with Crippen LogP contribution in [-0.4, -0.2) is 74.1 Å². The summed E-state index contributed by atoms with van der Waals surface area (Å²) in [5, 5.41) is 26.0. The van der Waals surface area contributed by atoms with Crippen LogP contribution in [0.15, 0.2) is 0 Å². The first-order valence-corrected chi connectivity index (χ1v) is 13.6. The highest BCUT2D eigenvalue weighted by molar-refractivity contribution is 5.68. The van der Waals surface area contributed by atoms with E-state index >= 15 is 0 Å². The van der Waals surface area contributed by atoms with Crippen molar-refractivity contribution in [3.05, 3.63) is 0 Å². The van der Waals surface area contributed by atoms with E-state index in [0.717, 1.165) is 51.4 Å². The van der Waals surface area contributed by atoms with Crippen molar-refractivity contribution in [1.82, 2.24) is 10.6 Å². The van der Waals surface area contributed by atoms with Gasteiger partial charge in [-0.1, -0.05) is 52.4 Å². The van der Waals surface area contributed by atoms with E-state index in [4.69, 9.17) is 14.2 Å². The van der Waals surface area contributed by atoms with Gasteiger partial charge in [0.2, 0.25) is 0 Å². The Hall–Kier alpha value is -1.58. The lowest BCUT2D eigenvalue weighted by Gasteiger charge is -2.34. The number of carbonyl (C=O) groups excluding carboxylic acids is 2. The Bertz CT molecular complexity index is 559. The maximum absolute atomic E-state index is 12.3. The molecule has 2 aliphatic rings. The zero-order chi connectivity index (χ0) is 25.6. The summed E-state index contributed by atoms with van der Waals surface area (Å²) in [4.78, 5) is 24.5. The van der Waals surface area contributed by atoms with E-state index in [0.29, 0.717) is 12.8 Å². The number of amides is 2. The second-order valence-corrected chi connectivity index (χ2v) is 10.6. The molecule has 2 rings (SSSR count). The van der Waals surface area contributed by atoms with Crippen molar-refractivity contribution in [3.8, 4) is 0 Å². The molecule has 0 heterocycles. The molecule has 9 nitrogen and oxygen atoms in total. The Kier molecular flexibility index (Phi) is 13.1. The third-order valence-electron chi connectivity index (χ3n) is 7.86. The molecule has 0 saturated heterocycles. The molecule has 4 N–H and O–H groups in total. The second kappa shape index (κ2) is 15.5. The number of nitrogens with one attached hydrogen (secondary N) is 2. The van der Waals surface area contributed by atoms with E-state index in [1.807, 2.05) is 13.8 Å². The van der Waals surface area contributed by atoms with E-state index in [1.165, 1.54) is 12.8 Å². The Morgan fingerprint density at radius 2 is 1.06 bits per heavy atom. The summed E-state index contributed by atoms with van der Waals surface area (Å²) in [6.45, 7) is 3.84. The summed E-state index contributed by atoms with van der Waals surface area (Å²) < 4.78 is 16.9. The number of carbonyl (C=O) groups is 2. The normalized spacial score (nSPS) is 20.9. The fourth-order valence-corrected chi connectivity index (χ4v) is 4.73. The van der Waals surface area contributed by atoms with Gasteiger partial charge >= 0.3 is 12.2 Å². The third kappa shape index (κ3) is 10.1. The maximum Gasteiger partial charge on any atom is 0.407 e. The molecular formula is C26H48N2O7. The van der Waals surface area contributed by atoms with Gasteiger partial charge in [-0.3, -0.25) is 0 Å². The molecule has 0 aromatic carbocycles. The molecule has 2 fully saturated rings. The molecule has 2 amide bonds. The minimum absolute atomic E-state index is 0.0388. The van der Waals surface area contributed by atoms with Crippen molar-refractivity contribution in [2.75, 3.05) is 39.6 Å². The quantitative estimate of drug-likeness (QED) is 0.285. The minimum atomic E-state index is -0.738. The lowest BCUT2D eigenvalue weighted by Crippen LogP contribution is -2.44. The first-order chi connectivity index (χ1) is 16.9. The van der Waals surface area contributed by atoms with Crippen LogP contribution in [0.3, 0.4) is 0 Å². The Balaban J connectivity index is 1.79. The number of hydrogen-bond acceptors (Lipinski definition) is 7. The molecule has 35 heavy (non-hydrogen) atoms. The molecule has 0 spiro atoms. The highest BCUT2D eigenvalue weighted by Crippen LogP contribution is 2.27. The van der Waals surface area contributed by atoms with Crippen LogP contribution in [0.5, 0.6) is 0 Å². The molecule has 0 aromatic rings. The molecule has 2 aliphatic carbocycles. The number of alkyl carbamates (subject to hydrolysis) is 2. The number of aliphatic hydroxyl groups is 2. The fourth-order valence-electron chi connectivity index (χ4n) is 4.73. The van der Waals surface area contributed by atoms with Crippen molar-refractivity contribution in [2.24, 2.45) is 10.8 Å².